The lowest BCUT2D eigenvalue weighted by Crippen LogP contribution is -1.88. The quantitative estimate of drug-likeness (QED) is 0.789. The van der Waals surface area contributed by atoms with Gasteiger partial charge in [-0.2, -0.15) is 0 Å². The molecule has 0 amide bonds. The number of pyridine rings is 1. The van der Waals surface area contributed by atoms with Gasteiger partial charge in [0.05, 0.1) is 17.8 Å². The van der Waals surface area contributed by atoms with E-state index in [1.54, 1.807) is 13.3 Å². The van der Waals surface area contributed by atoms with Crippen LogP contribution in [0.5, 0.6) is 5.75 Å². The van der Waals surface area contributed by atoms with Crippen LogP contribution in [0.1, 0.15) is 5.56 Å². The van der Waals surface area contributed by atoms with Crippen LogP contribution in [0.2, 0.25) is 5.02 Å². The molecule has 16 heavy (non-hydrogen) atoms. The lowest BCUT2D eigenvalue weighted by atomic mass is 10.1. The number of aryl methyl sites for hydroxylation is 1. The van der Waals surface area contributed by atoms with Gasteiger partial charge < -0.3 is 4.74 Å². The van der Waals surface area contributed by atoms with Crippen molar-refractivity contribution in [2.75, 3.05) is 7.11 Å². The molecule has 1 heterocycles. The van der Waals surface area contributed by atoms with Crippen molar-refractivity contribution < 1.29 is 4.74 Å². The summed E-state index contributed by atoms with van der Waals surface area (Å²) in [4.78, 5) is 4.31. The molecule has 1 aromatic heterocycles. The highest BCUT2D eigenvalue weighted by molar-refractivity contribution is 6.33. The first-order chi connectivity index (χ1) is 7.70. The minimum atomic E-state index is 0.680. The van der Waals surface area contributed by atoms with E-state index in [0.717, 1.165) is 22.6 Å². The Labute approximate surface area is 99.9 Å². The number of hydrogen-bond donors (Lipinski definition) is 0. The van der Waals surface area contributed by atoms with Crippen molar-refractivity contribution in [3.05, 3.63) is 47.1 Å². The maximum atomic E-state index is 6.14. The summed E-state index contributed by atoms with van der Waals surface area (Å²) in [6, 6.07) is 9.50. The third-order valence-corrected chi connectivity index (χ3v) is 2.69. The summed E-state index contributed by atoms with van der Waals surface area (Å²) < 4.78 is 5.18. The molecule has 2 rings (SSSR count). The Morgan fingerprint density at radius 2 is 2.00 bits per heavy atom. The van der Waals surface area contributed by atoms with Crippen molar-refractivity contribution in [2.24, 2.45) is 0 Å². The summed E-state index contributed by atoms with van der Waals surface area (Å²) in [6.07, 6.45) is 1.78. The third-order valence-electron chi connectivity index (χ3n) is 2.36. The maximum Gasteiger partial charge on any atom is 0.119 e. The Morgan fingerprint density at radius 1 is 1.19 bits per heavy atom. The van der Waals surface area contributed by atoms with Crippen molar-refractivity contribution >= 4 is 11.6 Å². The Morgan fingerprint density at radius 3 is 2.69 bits per heavy atom. The maximum absolute atomic E-state index is 6.14. The zero-order chi connectivity index (χ0) is 11.5. The number of nitrogens with zero attached hydrogens (tertiary/aromatic N) is 1. The molecule has 2 aromatic rings. The fraction of sp³-hybridized carbons (Fsp3) is 0.154. The Bertz CT molecular complexity index is 511. The summed E-state index contributed by atoms with van der Waals surface area (Å²) in [5, 5.41) is 0.680. The molecule has 0 fully saturated rings. The average Bonchev–Trinajstić information content (AvgIpc) is 2.30. The van der Waals surface area contributed by atoms with E-state index in [9.17, 15) is 0 Å². The summed E-state index contributed by atoms with van der Waals surface area (Å²) in [7, 11) is 1.64. The molecular formula is C13H12ClNO. The molecule has 0 spiro atoms. The standard InChI is InChI=1S/C13H12ClNO/c1-9-5-6-15-13(7-9)11-8-10(16-2)3-4-12(11)14/h3-8H,1-2H3. The van der Waals surface area contributed by atoms with Gasteiger partial charge in [-0.1, -0.05) is 11.6 Å². The van der Waals surface area contributed by atoms with Gasteiger partial charge in [0.2, 0.25) is 0 Å². The Hall–Kier alpha value is -1.54. The normalized spacial score (nSPS) is 10.2. The van der Waals surface area contributed by atoms with E-state index in [2.05, 4.69) is 4.98 Å². The number of aromatic nitrogens is 1. The summed E-state index contributed by atoms with van der Waals surface area (Å²) in [5.74, 6) is 0.780. The molecule has 0 bridgehead atoms. The smallest absolute Gasteiger partial charge is 0.119 e. The fourth-order valence-electron chi connectivity index (χ4n) is 1.51. The van der Waals surface area contributed by atoms with Gasteiger partial charge in [-0.15, -0.1) is 0 Å². The van der Waals surface area contributed by atoms with Crippen LogP contribution in [0.3, 0.4) is 0 Å². The van der Waals surface area contributed by atoms with E-state index in [4.69, 9.17) is 16.3 Å². The van der Waals surface area contributed by atoms with Crippen molar-refractivity contribution in [1.82, 2.24) is 4.98 Å². The topological polar surface area (TPSA) is 22.1 Å². The van der Waals surface area contributed by atoms with Crippen LogP contribution in [0.4, 0.5) is 0 Å². The van der Waals surface area contributed by atoms with Crippen LogP contribution in [0, 0.1) is 6.92 Å². The monoisotopic (exact) mass is 233 g/mol. The van der Waals surface area contributed by atoms with E-state index < -0.39 is 0 Å². The molecule has 0 atom stereocenters. The highest BCUT2D eigenvalue weighted by Gasteiger charge is 2.06. The van der Waals surface area contributed by atoms with Crippen LogP contribution >= 0.6 is 11.6 Å². The number of benzene rings is 1. The van der Waals surface area contributed by atoms with Crippen LogP contribution in [0.15, 0.2) is 36.5 Å². The molecule has 0 saturated heterocycles. The first-order valence-corrected chi connectivity index (χ1v) is 5.35. The van der Waals surface area contributed by atoms with Gasteiger partial charge in [0.1, 0.15) is 5.75 Å². The zero-order valence-corrected chi connectivity index (χ0v) is 9.95. The second kappa shape index (κ2) is 4.54. The third kappa shape index (κ3) is 2.17. The van der Waals surface area contributed by atoms with Crippen LogP contribution in [-0.4, -0.2) is 12.1 Å². The summed E-state index contributed by atoms with van der Waals surface area (Å²) in [5.41, 5.74) is 2.91. The summed E-state index contributed by atoms with van der Waals surface area (Å²) >= 11 is 6.14. The van der Waals surface area contributed by atoms with Gasteiger partial charge in [-0.3, -0.25) is 4.98 Å². The number of rotatable bonds is 2. The fourth-order valence-corrected chi connectivity index (χ4v) is 1.73. The van der Waals surface area contributed by atoms with Crippen LogP contribution in [0.25, 0.3) is 11.3 Å². The largest absolute Gasteiger partial charge is 0.497 e. The first kappa shape index (κ1) is 11.0. The molecule has 3 heteroatoms. The molecular weight excluding hydrogens is 222 g/mol. The minimum absolute atomic E-state index is 0.680. The molecule has 0 aliphatic rings. The highest BCUT2D eigenvalue weighted by Crippen LogP contribution is 2.30. The molecule has 0 N–H and O–H groups in total. The minimum Gasteiger partial charge on any atom is -0.497 e. The lowest BCUT2D eigenvalue weighted by Gasteiger charge is -2.07. The van der Waals surface area contributed by atoms with Crippen LogP contribution in [-0.2, 0) is 0 Å². The van der Waals surface area contributed by atoms with E-state index in [1.807, 2.05) is 37.3 Å². The van der Waals surface area contributed by atoms with Crippen LogP contribution < -0.4 is 4.74 Å². The molecule has 0 saturated carbocycles. The predicted octanol–water partition coefficient (Wildman–Crippen LogP) is 3.72. The van der Waals surface area contributed by atoms with E-state index in [1.165, 1.54) is 0 Å². The average molecular weight is 234 g/mol. The molecule has 82 valence electrons. The first-order valence-electron chi connectivity index (χ1n) is 4.97. The van der Waals surface area contributed by atoms with Gasteiger partial charge in [-0.25, -0.2) is 0 Å². The van der Waals surface area contributed by atoms with Crippen molar-refractivity contribution in [1.29, 1.82) is 0 Å². The highest BCUT2D eigenvalue weighted by atomic mass is 35.5. The van der Waals surface area contributed by atoms with E-state index in [0.29, 0.717) is 5.02 Å². The molecule has 0 unspecified atom stereocenters. The molecule has 0 aliphatic heterocycles. The molecule has 2 nitrogen and oxygen atoms in total. The number of halogens is 1. The SMILES string of the molecule is COc1ccc(Cl)c(-c2cc(C)ccn2)c1. The number of methoxy groups -OCH3 is 1. The van der Waals surface area contributed by atoms with Gasteiger partial charge >= 0.3 is 0 Å². The summed E-state index contributed by atoms with van der Waals surface area (Å²) in [6.45, 7) is 2.03. The van der Waals surface area contributed by atoms with E-state index >= 15 is 0 Å². The van der Waals surface area contributed by atoms with E-state index in [-0.39, 0.29) is 0 Å². The molecule has 0 aliphatic carbocycles. The van der Waals surface area contributed by atoms with Crippen molar-refractivity contribution in [2.45, 2.75) is 6.92 Å². The zero-order valence-electron chi connectivity index (χ0n) is 9.20. The Kier molecular flexibility index (Phi) is 3.11. The van der Waals surface area contributed by atoms with Crippen molar-refractivity contribution in [3.8, 4) is 17.0 Å². The van der Waals surface area contributed by atoms with Gasteiger partial charge in [0.25, 0.3) is 0 Å². The number of ether oxygens (including phenoxy) is 1. The van der Waals surface area contributed by atoms with Gasteiger partial charge in [-0.05, 0) is 42.8 Å². The molecule has 1 aromatic carbocycles. The molecule has 0 radical (unpaired) electrons. The van der Waals surface area contributed by atoms with Gasteiger partial charge in [0.15, 0.2) is 0 Å². The lowest BCUT2D eigenvalue weighted by molar-refractivity contribution is 0.415. The Balaban J connectivity index is 2.54. The van der Waals surface area contributed by atoms with Gasteiger partial charge in [0, 0.05) is 11.8 Å². The van der Waals surface area contributed by atoms with Crippen molar-refractivity contribution in [3.63, 3.8) is 0 Å². The second-order valence-electron chi connectivity index (χ2n) is 3.56. The second-order valence-corrected chi connectivity index (χ2v) is 3.97. The number of hydrogen-bond acceptors (Lipinski definition) is 2. The predicted molar refractivity (Wildman–Crippen MR) is 66.0 cm³/mol.